The Labute approximate surface area is 236 Å². The standard InChI is InChI=1S/C29H35Br2N3O3/c1-3-4-15-33(21-27-10-6-16-32(27)20-23-11-13-25(30)14-12-23)28(35)22-34(17-7-18-37-2)29(36)24-8-5-9-26(31)19-24/h5-6,8-14,16,19H,3-4,7,15,17-18,20-22H2,1-2H3. The highest BCUT2D eigenvalue weighted by Gasteiger charge is 2.23. The summed E-state index contributed by atoms with van der Waals surface area (Å²) in [6.07, 6.45) is 4.60. The van der Waals surface area contributed by atoms with E-state index in [4.69, 9.17) is 4.74 Å². The van der Waals surface area contributed by atoms with Gasteiger partial charge in [0.25, 0.3) is 5.91 Å². The average Bonchev–Trinajstić information content (AvgIpc) is 3.33. The number of carbonyl (C=O) groups is 2. The number of unbranched alkanes of at least 4 members (excludes halogenated alkanes) is 1. The first-order valence-electron chi connectivity index (χ1n) is 12.6. The number of hydrogen-bond acceptors (Lipinski definition) is 3. The van der Waals surface area contributed by atoms with Crippen LogP contribution >= 0.6 is 31.9 Å². The maximum absolute atomic E-state index is 13.6. The van der Waals surface area contributed by atoms with Gasteiger partial charge < -0.3 is 19.1 Å². The van der Waals surface area contributed by atoms with Crippen LogP contribution in [-0.4, -0.2) is 59.5 Å². The maximum Gasteiger partial charge on any atom is 0.254 e. The lowest BCUT2D eigenvalue weighted by Gasteiger charge is -2.28. The van der Waals surface area contributed by atoms with Gasteiger partial charge in [-0.05, 0) is 60.9 Å². The molecule has 8 heteroatoms. The van der Waals surface area contributed by atoms with E-state index < -0.39 is 0 Å². The zero-order chi connectivity index (χ0) is 26.6. The molecule has 0 fully saturated rings. The molecule has 0 saturated carbocycles. The molecule has 37 heavy (non-hydrogen) atoms. The fourth-order valence-corrected chi connectivity index (χ4v) is 4.75. The molecule has 0 aliphatic carbocycles. The van der Waals surface area contributed by atoms with E-state index in [1.807, 2.05) is 41.4 Å². The van der Waals surface area contributed by atoms with Crippen LogP contribution in [-0.2, 0) is 22.6 Å². The fraction of sp³-hybridized carbons (Fsp3) is 0.379. The predicted octanol–water partition coefficient (Wildman–Crippen LogP) is 6.37. The number of rotatable bonds is 14. The van der Waals surface area contributed by atoms with Gasteiger partial charge in [-0.3, -0.25) is 9.59 Å². The zero-order valence-electron chi connectivity index (χ0n) is 21.5. The monoisotopic (exact) mass is 631 g/mol. The molecule has 0 spiro atoms. The van der Waals surface area contributed by atoms with Crippen LogP contribution in [0.5, 0.6) is 0 Å². The van der Waals surface area contributed by atoms with Gasteiger partial charge in [0.1, 0.15) is 6.54 Å². The minimum atomic E-state index is -0.153. The number of benzene rings is 2. The highest BCUT2D eigenvalue weighted by Crippen LogP contribution is 2.17. The summed E-state index contributed by atoms with van der Waals surface area (Å²) in [4.78, 5) is 30.5. The quantitative estimate of drug-likeness (QED) is 0.194. The molecule has 3 rings (SSSR count). The van der Waals surface area contributed by atoms with E-state index in [0.717, 1.165) is 34.0 Å². The molecule has 1 heterocycles. The summed E-state index contributed by atoms with van der Waals surface area (Å²) in [7, 11) is 1.64. The summed E-state index contributed by atoms with van der Waals surface area (Å²) in [5, 5.41) is 0. The van der Waals surface area contributed by atoms with Crippen molar-refractivity contribution in [3.8, 4) is 0 Å². The third kappa shape index (κ3) is 9.13. The summed E-state index contributed by atoms with van der Waals surface area (Å²) in [6, 6.07) is 19.6. The Morgan fingerprint density at radius 1 is 0.919 bits per heavy atom. The van der Waals surface area contributed by atoms with Gasteiger partial charge in [-0.2, -0.15) is 0 Å². The Hall–Kier alpha value is -2.42. The second kappa shape index (κ2) is 15.1. The van der Waals surface area contributed by atoms with Crippen molar-refractivity contribution >= 4 is 43.7 Å². The SMILES string of the molecule is CCCCN(Cc1cccn1Cc1ccc(Br)cc1)C(=O)CN(CCCOC)C(=O)c1cccc(Br)c1. The van der Waals surface area contributed by atoms with Crippen LogP contribution in [0.4, 0.5) is 0 Å². The topological polar surface area (TPSA) is 54.8 Å². The van der Waals surface area contributed by atoms with Gasteiger partial charge in [-0.25, -0.2) is 0 Å². The second-order valence-electron chi connectivity index (χ2n) is 9.01. The van der Waals surface area contributed by atoms with Crippen LogP contribution in [0.25, 0.3) is 0 Å². The number of carbonyl (C=O) groups excluding carboxylic acids is 2. The fourth-order valence-electron chi connectivity index (χ4n) is 4.09. The van der Waals surface area contributed by atoms with Crippen molar-refractivity contribution in [1.29, 1.82) is 0 Å². The molecule has 0 N–H and O–H groups in total. The summed E-state index contributed by atoms with van der Waals surface area (Å²) in [5.41, 5.74) is 2.82. The normalized spacial score (nSPS) is 10.9. The van der Waals surface area contributed by atoms with E-state index in [0.29, 0.717) is 38.2 Å². The molecule has 2 aromatic carbocycles. The number of nitrogens with zero attached hydrogens (tertiary/aromatic N) is 3. The first-order valence-corrected chi connectivity index (χ1v) is 14.2. The number of aromatic nitrogens is 1. The van der Waals surface area contributed by atoms with Gasteiger partial charge >= 0.3 is 0 Å². The lowest BCUT2D eigenvalue weighted by Crippen LogP contribution is -2.43. The molecule has 2 amide bonds. The molecule has 1 aromatic heterocycles. The second-order valence-corrected chi connectivity index (χ2v) is 10.8. The van der Waals surface area contributed by atoms with Crippen molar-refractivity contribution in [2.24, 2.45) is 0 Å². The molecule has 0 radical (unpaired) electrons. The third-order valence-corrected chi connectivity index (χ3v) is 7.16. The molecule has 0 bridgehead atoms. The number of hydrogen-bond donors (Lipinski definition) is 0. The van der Waals surface area contributed by atoms with E-state index in [9.17, 15) is 9.59 Å². The van der Waals surface area contributed by atoms with Gasteiger partial charge in [0, 0.05) is 59.8 Å². The van der Waals surface area contributed by atoms with Crippen LogP contribution in [0.1, 0.15) is 47.8 Å². The zero-order valence-corrected chi connectivity index (χ0v) is 24.7. The third-order valence-electron chi connectivity index (χ3n) is 6.14. The van der Waals surface area contributed by atoms with Crippen molar-refractivity contribution in [2.75, 3.05) is 33.4 Å². The number of amides is 2. The average molecular weight is 633 g/mol. The molecular weight excluding hydrogens is 598 g/mol. The van der Waals surface area contributed by atoms with Gasteiger partial charge in [-0.1, -0.05) is 63.4 Å². The van der Waals surface area contributed by atoms with Crippen LogP contribution in [0.2, 0.25) is 0 Å². The van der Waals surface area contributed by atoms with Crippen LogP contribution in [0.15, 0.2) is 75.8 Å². The highest BCUT2D eigenvalue weighted by molar-refractivity contribution is 9.10. The number of ether oxygens (including phenoxy) is 1. The van der Waals surface area contributed by atoms with E-state index in [2.05, 4.69) is 61.5 Å². The summed E-state index contributed by atoms with van der Waals surface area (Å²) in [5.74, 6) is -0.203. The van der Waals surface area contributed by atoms with Crippen LogP contribution < -0.4 is 0 Å². The lowest BCUT2D eigenvalue weighted by molar-refractivity contribution is -0.132. The first kappa shape index (κ1) is 29.1. The van der Waals surface area contributed by atoms with Gasteiger partial charge in [-0.15, -0.1) is 0 Å². The van der Waals surface area contributed by atoms with Gasteiger partial charge in [0.05, 0.1) is 6.54 Å². The van der Waals surface area contributed by atoms with E-state index in [-0.39, 0.29) is 18.4 Å². The summed E-state index contributed by atoms with van der Waals surface area (Å²) < 4.78 is 9.25. The first-order chi connectivity index (χ1) is 17.9. The number of halogens is 2. The van der Waals surface area contributed by atoms with Crippen molar-refractivity contribution in [3.63, 3.8) is 0 Å². The molecule has 0 atom stereocenters. The predicted molar refractivity (Wildman–Crippen MR) is 155 cm³/mol. The highest BCUT2D eigenvalue weighted by atomic mass is 79.9. The van der Waals surface area contributed by atoms with Crippen LogP contribution in [0.3, 0.4) is 0 Å². The van der Waals surface area contributed by atoms with Crippen molar-refractivity contribution in [1.82, 2.24) is 14.4 Å². The molecule has 0 aliphatic heterocycles. The van der Waals surface area contributed by atoms with Crippen LogP contribution in [0, 0.1) is 0 Å². The minimum Gasteiger partial charge on any atom is -0.385 e. The molecule has 3 aromatic rings. The Morgan fingerprint density at radius 3 is 2.38 bits per heavy atom. The maximum atomic E-state index is 13.6. The van der Waals surface area contributed by atoms with Crippen molar-refractivity contribution < 1.29 is 14.3 Å². The molecule has 198 valence electrons. The molecule has 0 unspecified atom stereocenters. The van der Waals surface area contributed by atoms with E-state index in [1.165, 1.54) is 5.56 Å². The van der Waals surface area contributed by atoms with Gasteiger partial charge in [0.15, 0.2) is 0 Å². The smallest absolute Gasteiger partial charge is 0.254 e. The van der Waals surface area contributed by atoms with Crippen molar-refractivity contribution in [2.45, 2.75) is 39.3 Å². The Morgan fingerprint density at radius 2 is 1.68 bits per heavy atom. The lowest BCUT2D eigenvalue weighted by atomic mass is 10.2. The van der Waals surface area contributed by atoms with E-state index >= 15 is 0 Å². The minimum absolute atomic E-state index is 0.0339. The van der Waals surface area contributed by atoms with Crippen molar-refractivity contribution in [3.05, 3.63) is 92.6 Å². The number of methoxy groups -OCH3 is 1. The molecular formula is C29H35Br2N3O3. The molecule has 0 aliphatic rings. The Kier molecular flexibility index (Phi) is 11.9. The Bertz CT molecular complexity index is 1150. The Balaban J connectivity index is 1.76. The summed E-state index contributed by atoms with van der Waals surface area (Å²) in [6.45, 7) is 5.01. The molecule has 6 nitrogen and oxygen atoms in total. The van der Waals surface area contributed by atoms with E-state index in [1.54, 1.807) is 24.1 Å². The van der Waals surface area contributed by atoms with Gasteiger partial charge in [0.2, 0.25) is 5.91 Å². The largest absolute Gasteiger partial charge is 0.385 e. The molecule has 0 saturated heterocycles. The summed E-state index contributed by atoms with van der Waals surface area (Å²) >= 11 is 6.93.